The summed E-state index contributed by atoms with van der Waals surface area (Å²) < 4.78 is 5.30. The van der Waals surface area contributed by atoms with Crippen molar-refractivity contribution < 1.29 is 4.74 Å². The van der Waals surface area contributed by atoms with E-state index < -0.39 is 0 Å². The lowest BCUT2D eigenvalue weighted by Gasteiger charge is -2.29. The highest BCUT2D eigenvalue weighted by atomic mass is 16.5. The van der Waals surface area contributed by atoms with Crippen LogP contribution in [0, 0.1) is 17.8 Å². The fourth-order valence-corrected chi connectivity index (χ4v) is 3.81. The normalized spacial score (nSPS) is 31.6. The molecule has 98 valence electrons. The highest BCUT2D eigenvalue weighted by molar-refractivity contribution is 5.22. The van der Waals surface area contributed by atoms with Crippen molar-refractivity contribution in [3.63, 3.8) is 0 Å². The number of nitrogens with two attached hydrogens (primary N) is 1. The molecule has 0 amide bonds. The van der Waals surface area contributed by atoms with Crippen molar-refractivity contribution in [2.75, 3.05) is 7.11 Å². The van der Waals surface area contributed by atoms with Crippen molar-refractivity contribution in [2.45, 2.75) is 31.7 Å². The van der Waals surface area contributed by atoms with Gasteiger partial charge in [-0.25, -0.2) is 4.98 Å². The number of ether oxygens (including phenoxy) is 1. The van der Waals surface area contributed by atoms with Gasteiger partial charge in [-0.1, -0.05) is 6.42 Å². The Labute approximate surface area is 107 Å². The van der Waals surface area contributed by atoms with Crippen LogP contribution in [0.1, 0.15) is 37.4 Å². The van der Waals surface area contributed by atoms with E-state index in [2.05, 4.69) is 15.4 Å². The lowest BCUT2D eigenvalue weighted by molar-refractivity contribution is 0.241. The summed E-state index contributed by atoms with van der Waals surface area (Å²) in [6.07, 6.45) is 8.67. The van der Waals surface area contributed by atoms with Crippen LogP contribution in [-0.4, -0.2) is 17.1 Å². The zero-order chi connectivity index (χ0) is 12.5. The van der Waals surface area contributed by atoms with Crippen LogP contribution in [0.2, 0.25) is 0 Å². The first-order chi connectivity index (χ1) is 8.83. The van der Waals surface area contributed by atoms with E-state index in [1.165, 1.54) is 25.7 Å². The second kappa shape index (κ2) is 4.82. The van der Waals surface area contributed by atoms with E-state index in [0.29, 0.717) is 11.8 Å². The predicted octanol–water partition coefficient (Wildman–Crippen LogP) is 1.43. The Kier molecular flexibility index (Phi) is 3.18. The molecule has 2 aliphatic carbocycles. The zero-order valence-electron chi connectivity index (χ0n) is 10.7. The third kappa shape index (κ3) is 1.87. The highest BCUT2D eigenvalue weighted by Gasteiger charge is 2.44. The van der Waals surface area contributed by atoms with Gasteiger partial charge in [0, 0.05) is 12.4 Å². The van der Waals surface area contributed by atoms with E-state index >= 15 is 0 Å². The molecule has 4 unspecified atom stereocenters. The summed E-state index contributed by atoms with van der Waals surface area (Å²) in [6.45, 7) is 0. The molecule has 1 aromatic heterocycles. The molecule has 0 aliphatic heterocycles. The Morgan fingerprint density at radius 3 is 2.78 bits per heavy atom. The van der Waals surface area contributed by atoms with Crippen LogP contribution < -0.4 is 16.0 Å². The molecule has 0 saturated heterocycles. The minimum Gasteiger partial charge on any atom is -0.480 e. The van der Waals surface area contributed by atoms with E-state index in [1.54, 1.807) is 19.5 Å². The summed E-state index contributed by atoms with van der Waals surface area (Å²) in [5.74, 6) is 8.59. The number of nitrogens with one attached hydrogen (secondary N) is 1. The lowest BCUT2D eigenvalue weighted by Crippen LogP contribution is -2.36. The van der Waals surface area contributed by atoms with Crippen molar-refractivity contribution in [3.8, 4) is 5.88 Å². The maximum Gasteiger partial charge on any atom is 0.237 e. The van der Waals surface area contributed by atoms with E-state index in [9.17, 15) is 0 Å². The number of aromatic nitrogens is 2. The van der Waals surface area contributed by atoms with E-state index in [4.69, 9.17) is 10.6 Å². The minimum absolute atomic E-state index is 0.0592. The maximum atomic E-state index is 5.77. The van der Waals surface area contributed by atoms with Gasteiger partial charge in [-0.3, -0.25) is 16.3 Å². The van der Waals surface area contributed by atoms with Gasteiger partial charge in [-0.2, -0.15) is 0 Å². The van der Waals surface area contributed by atoms with Crippen molar-refractivity contribution >= 4 is 0 Å². The molecule has 2 bridgehead atoms. The standard InChI is InChI=1S/C13H20N4O/c1-18-13-12(15-4-5-16-13)11(17-14)10-7-8-2-3-9(10)6-8/h4-5,8-11,17H,2-3,6-7,14H2,1H3. The first-order valence-corrected chi connectivity index (χ1v) is 6.64. The molecule has 0 radical (unpaired) electrons. The van der Waals surface area contributed by atoms with Crippen LogP contribution in [0.25, 0.3) is 0 Å². The van der Waals surface area contributed by atoms with Gasteiger partial charge in [-0.15, -0.1) is 0 Å². The molecule has 1 heterocycles. The van der Waals surface area contributed by atoms with Crippen molar-refractivity contribution in [3.05, 3.63) is 18.1 Å². The molecule has 18 heavy (non-hydrogen) atoms. The lowest BCUT2D eigenvalue weighted by atomic mass is 9.82. The average Bonchev–Trinajstić information content (AvgIpc) is 3.03. The number of fused-ring (bicyclic) bond motifs is 2. The average molecular weight is 248 g/mol. The summed E-state index contributed by atoms with van der Waals surface area (Å²) >= 11 is 0. The Morgan fingerprint density at radius 2 is 2.17 bits per heavy atom. The van der Waals surface area contributed by atoms with Gasteiger partial charge in [0.2, 0.25) is 5.88 Å². The molecule has 1 aromatic rings. The summed E-state index contributed by atoms with van der Waals surface area (Å²) in [4.78, 5) is 8.64. The van der Waals surface area contributed by atoms with Crippen molar-refractivity contribution in [1.82, 2.24) is 15.4 Å². The van der Waals surface area contributed by atoms with Gasteiger partial charge >= 0.3 is 0 Å². The number of hydrogen-bond acceptors (Lipinski definition) is 5. The largest absolute Gasteiger partial charge is 0.480 e. The van der Waals surface area contributed by atoms with Gasteiger partial charge in [0.05, 0.1) is 13.2 Å². The number of hydrazine groups is 1. The Bertz CT molecular complexity index is 425. The fourth-order valence-electron chi connectivity index (χ4n) is 3.81. The second-order valence-electron chi connectivity index (χ2n) is 5.43. The smallest absolute Gasteiger partial charge is 0.237 e. The van der Waals surface area contributed by atoms with E-state index in [0.717, 1.165) is 17.5 Å². The number of nitrogens with zero attached hydrogens (tertiary/aromatic N) is 2. The maximum absolute atomic E-state index is 5.77. The SMILES string of the molecule is COc1nccnc1C(NN)C1CC2CCC1C2. The zero-order valence-corrected chi connectivity index (χ0v) is 10.7. The van der Waals surface area contributed by atoms with Gasteiger partial charge in [-0.05, 0) is 37.0 Å². The third-order valence-electron chi connectivity index (χ3n) is 4.58. The molecule has 2 fully saturated rings. The summed E-state index contributed by atoms with van der Waals surface area (Å²) in [5.41, 5.74) is 3.78. The molecular formula is C13H20N4O. The Hall–Kier alpha value is -1.20. The van der Waals surface area contributed by atoms with Gasteiger partial charge in [0.25, 0.3) is 0 Å². The number of rotatable bonds is 4. The molecule has 5 heteroatoms. The summed E-state index contributed by atoms with van der Waals surface area (Å²) in [7, 11) is 1.63. The van der Waals surface area contributed by atoms with Gasteiger partial charge in [0.1, 0.15) is 5.69 Å². The van der Waals surface area contributed by atoms with Crippen LogP contribution >= 0.6 is 0 Å². The predicted molar refractivity (Wildman–Crippen MR) is 67.6 cm³/mol. The molecular weight excluding hydrogens is 228 g/mol. The van der Waals surface area contributed by atoms with Gasteiger partial charge < -0.3 is 4.74 Å². The quantitative estimate of drug-likeness (QED) is 0.623. The summed E-state index contributed by atoms with van der Waals surface area (Å²) in [5, 5.41) is 0. The monoisotopic (exact) mass is 248 g/mol. The first kappa shape index (κ1) is 11.9. The molecule has 4 atom stereocenters. The second-order valence-corrected chi connectivity index (χ2v) is 5.43. The third-order valence-corrected chi connectivity index (χ3v) is 4.58. The van der Waals surface area contributed by atoms with Gasteiger partial charge in [0.15, 0.2) is 0 Å². The number of hydrogen-bond donors (Lipinski definition) is 2. The molecule has 0 spiro atoms. The topological polar surface area (TPSA) is 73.1 Å². The van der Waals surface area contributed by atoms with Crippen LogP contribution in [0.4, 0.5) is 0 Å². The summed E-state index contributed by atoms with van der Waals surface area (Å²) in [6, 6.07) is 0.0592. The van der Waals surface area contributed by atoms with E-state index in [-0.39, 0.29) is 6.04 Å². The molecule has 5 nitrogen and oxygen atoms in total. The molecule has 2 saturated carbocycles. The fraction of sp³-hybridized carbons (Fsp3) is 0.692. The minimum atomic E-state index is 0.0592. The molecule has 0 aromatic carbocycles. The van der Waals surface area contributed by atoms with Crippen LogP contribution in [-0.2, 0) is 0 Å². The Balaban J connectivity index is 1.88. The van der Waals surface area contributed by atoms with E-state index in [1.807, 2.05) is 0 Å². The van der Waals surface area contributed by atoms with Crippen molar-refractivity contribution in [1.29, 1.82) is 0 Å². The molecule has 3 N–H and O–H groups in total. The Morgan fingerprint density at radius 1 is 1.33 bits per heavy atom. The van der Waals surface area contributed by atoms with Crippen LogP contribution in [0.3, 0.4) is 0 Å². The molecule has 3 rings (SSSR count). The van der Waals surface area contributed by atoms with Crippen LogP contribution in [0.5, 0.6) is 5.88 Å². The highest BCUT2D eigenvalue weighted by Crippen LogP contribution is 2.52. The molecule has 2 aliphatic rings. The first-order valence-electron chi connectivity index (χ1n) is 6.64. The number of methoxy groups -OCH3 is 1. The van der Waals surface area contributed by atoms with Crippen LogP contribution in [0.15, 0.2) is 12.4 Å². The van der Waals surface area contributed by atoms with Crippen molar-refractivity contribution in [2.24, 2.45) is 23.6 Å².